The van der Waals surface area contributed by atoms with E-state index in [0.29, 0.717) is 18.8 Å². The lowest BCUT2D eigenvalue weighted by Gasteiger charge is -2.18. The van der Waals surface area contributed by atoms with Gasteiger partial charge in [-0.05, 0) is 12.0 Å². The monoisotopic (exact) mass is 281 g/mol. The molecule has 0 heterocycles. The average Bonchev–Trinajstić information content (AvgIpc) is 2.46. The summed E-state index contributed by atoms with van der Waals surface area (Å²) in [5, 5.41) is 6.10. The maximum Gasteiger partial charge on any atom is 0.237 e. The number of nitrogens with two attached hydrogens (primary N) is 1. The van der Waals surface area contributed by atoms with Gasteiger partial charge in [-0.3, -0.25) is 4.79 Å². The minimum Gasteiger partial charge on any atom is -0.351 e. The number of rotatable bonds is 8. The number of thiol groups is 1. The molecule has 0 aliphatic carbocycles. The summed E-state index contributed by atoms with van der Waals surface area (Å²) in [4.78, 5) is 12.0. The number of hydrogen-bond acceptors (Lipinski definition) is 4. The highest BCUT2D eigenvalue weighted by Gasteiger charge is 2.16. The maximum atomic E-state index is 12.0. The summed E-state index contributed by atoms with van der Waals surface area (Å²) >= 11 is 4.12. The normalized spacial score (nSPS) is 13.8. The fourth-order valence-electron chi connectivity index (χ4n) is 1.69. The van der Waals surface area contributed by atoms with Gasteiger partial charge in [0.25, 0.3) is 0 Å². The van der Waals surface area contributed by atoms with Crippen molar-refractivity contribution in [3.63, 3.8) is 0 Å². The van der Waals surface area contributed by atoms with Gasteiger partial charge in [-0.2, -0.15) is 12.6 Å². The third-order valence-corrected chi connectivity index (χ3v) is 3.36. The van der Waals surface area contributed by atoms with Crippen LogP contribution in [0.4, 0.5) is 0 Å². The molecule has 1 aromatic carbocycles. The minimum atomic E-state index is -0.199. The molecule has 0 aliphatic heterocycles. The fraction of sp³-hybridized carbons (Fsp3) is 0.500. The summed E-state index contributed by atoms with van der Waals surface area (Å²) in [5.74, 6) is 0.618. The van der Waals surface area contributed by atoms with Crippen LogP contribution in [-0.4, -0.2) is 30.3 Å². The number of benzene rings is 1. The van der Waals surface area contributed by atoms with Crippen molar-refractivity contribution in [2.24, 2.45) is 5.73 Å². The topological polar surface area (TPSA) is 67.1 Å². The van der Waals surface area contributed by atoms with Crippen molar-refractivity contribution in [2.45, 2.75) is 32.0 Å². The van der Waals surface area contributed by atoms with Crippen molar-refractivity contribution in [1.82, 2.24) is 10.6 Å². The molecule has 0 bridgehead atoms. The molecule has 0 saturated carbocycles. The molecular formula is C14H23N3OS. The van der Waals surface area contributed by atoms with Crippen LogP contribution >= 0.6 is 12.6 Å². The standard InChI is InChI=1S/C14H23N3OS/c1-2-13(16-9-12(15)10-19)14(18)17-8-11-6-4-3-5-7-11/h3-7,12-13,16,19H,2,8-10,15H2,1H3,(H,17,18)/t12-,13?/m0/s1. The van der Waals surface area contributed by atoms with Gasteiger partial charge in [0.1, 0.15) is 0 Å². The van der Waals surface area contributed by atoms with E-state index in [1.807, 2.05) is 37.3 Å². The summed E-state index contributed by atoms with van der Waals surface area (Å²) in [6, 6.07) is 9.64. The van der Waals surface area contributed by atoms with Crippen LogP contribution in [0.5, 0.6) is 0 Å². The van der Waals surface area contributed by atoms with Gasteiger partial charge in [-0.25, -0.2) is 0 Å². The zero-order valence-electron chi connectivity index (χ0n) is 11.3. The lowest BCUT2D eigenvalue weighted by atomic mass is 10.2. The first-order chi connectivity index (χ1) is 9.17. The van der Waals surface area contributed by atoms with Crippen molar-refractivity contribution in [2.75, 3.05) is 12.3 Å². The van der Waals surface area contributed by atoms with Crippen LogP contribution in [0.15, 0.2) is 30.3 Å². The van der Waals surface area contributed by atoms with E-state index in [0.717, 1.165) is 12.0 Å². The molecule has 1 aromatic rings. The molecule has 1 unspecified atom stereocenters. The Balaban J connectivity index is 2.37. The molecule has 5 heteroatoms. The second-order valence-electron chi connectivity index (χ2n) is 4.52. The molecule has 0 saturated heterocycles. The van der Waals surface area contributed by atoms with Crippen LogP contribution in [0.1, 0.15) is 18.9 Å². The van der Waals surface area contributed by atoms with Crippen LogP contribution in [0, 0.1) is 0 Å². The molecule has 0 aliphatic rings. The van der Waals surface area contributed by atoms with Crippen LogP contribution in [0.3, 0.4) is 0 Å². The predicted molar refractivity (Wildman–Crippen MR) is 82.2 cm³/mol. The first-order valence-corrected chi connectivity index (χ1v) is 7.22. The lowest BCUT2D eigenvalue weighted by Crippen LogP contribution is -2.48. The Bertz CT molecular complexity index is 372. The smallest absolute Gasteiger partial charge is 0.237 e. The van der Waals surface area contributed by atoms with E-state index < -0.39 is 0 Å². The van der Waals surface area contributed by atoms with Crippen molar-refractivity contribution in [3.8, 4) is 0 Å². The molecule has 0 spiro atoms. The van der Waals surface area contributed by atoms with Gasteiger partial charge < -0.3 is 16.4 Å². The van der Waals surface area contributed by atoms with E-state index in [1.54, 1.807) is 0 Å². The Morgan fingerprint density at radius 3 is 2.63 bits per heavy atom. The summed E-state index contributed by atoms with van der Waals surface area (Å²) in [7, 11) is 0. The third-order valence-electron chi connectivity index (χ3n) is 2.90. The molecule has 1 amide bonds. The molecule has 19 heavy (non-hydrogen) atoms. The zero-order chi connectivity index (χ0) is 14.1. The highest BCUT2D eigenvalue weighted by molar-refractivity contribution is 7.80. The van der Waals surface area contributed by atoms with Crippen LogP contribution in [0.25, 0.3) is 0 Å². The van der Waals surface area contributed by atoms with Gasteiger partial charge in [0.15, 0.2) is 0 Å². The second kappa shape index (κ2) is 8.96. The Kier molecular flexibility index (Phi) is 7.55. The summed E-state index contributed by atoms with van der Waals surface area (Å²) in [5.41, 5.74) is 6.87. The lowest BCUT2D eigenvalue weighted by molar-refractivity contribution is -0.123. The van der Waals surface area contributed by atoms with Crippen molar-refractivity contribution < 1.29 is 4.79 Å². The van der Waals surface area contributed by atoms with E-state index in [2.05, 4.69) is 23.3 Å². The van der Waals surface area contributed by atoms with Gasteiger partial charge in [-0.1, -0.05) is 37.3 Å². The summed E-state index contributed by atoms with van der Waals surface area (Å²) < 4.78 is 0. The fourth-order valence-corrected chi connectivity index (χ4v) is 1.82. The predicted octanol–water partition coefficient (Wildman–Crippen LogP) is 0.928. The minimum absolute atomic E-state index is 0.0118. The third kappa shape index (κ3) is 6.09. The highest BCUT2D eigenvalue weighted by atomic mass is 32.1. The van der Waals surface area contributed by atoms with Gasteiger partial charge >= 0.3 is 0 Å². The number of carbonyl (C=O) groups is 1. The molecule has 1 rings (SSSR count). The van der Waals surface area contributed by atoms with Gasteiger partial charge in [0.2, 0.25) is 5.91 Å². The van der Waals surface area contributed by atoms with Gasteiger partial charge in [0, 0.05) is 24.9 Å². The molecule has 106 valence electrons. The Morgan fingerprint density at radius 2 is 2.05 bits per heavy atom. The molecule has 4 nitrogen and oxygen atoms in total. The first-order valence-electron chi connectivity index (χ1n) is 6.58. The molecular weight excluding hydrogens is 258 g/mol. The number of amides is 1. The molecule has 0 radical (unpaired) electrons. The Hall–Kier alpha value is -1.04. The van der Waals surface area contributed by atoms with E-state index in [1.165, 1.54) is 0 Å². The van der Waals surface area contributed by atoms with Crippen molar-refractivity contribution in [3.05, 3.63) is 35.9 Å². The largest absolute Gasteiger partial charge is 0.351 e. The summed E-state index contributed by atoms with van der Waals surface area (Å²) in [6.45, 7) is 3.13. The Morgan fingerprint density at radius 1 is 1.37 bits per heavy atom. The van der Waals surface area contributed by atoms with Gasteiger partial charge in [0.05, 0.1) is 6.04 Å². The number of hydrogen-bond donors (Lipinski definition) is 4. The highest BCUT2D eigenvalue weighted by Crippen LogP contribution is 1.99. The summed E-state index contributed by atoms with van der Waals surface area (Å²) in [6.07, 6.45) is 0.736. The molecule has 2 atom stereocenters. The quantitative estimate of drug-likeness (QED) is 0.536. The van der Waals surface area contributed by atoms with E-state index in [-0.39, 0.29) is 18.0 Å². The first kappa shape index (κ1) is 16.0. The van der Waals surface area contributed by atoms with Crippen LogP contribution in [-0.2, 0) is 11.3 Å². The van der Waals surface area contributed by atoms with E-state index in [9.17, 15) is 4.79 Å². The molecule has 0 fully saturated rings. The van der Waals surface area contributed by atoms with Crippen molar-refractivity contribution in [1.29, 1.82) is 0 Å². The van der Waals surface area contributed by atoms with Crippen LogP contribution < -0.4 is 16.4 Å². The molecule has 0 aromatic heterocycles. The zero-order valence-corrected chi connectivity index (χ0v) is 12.2. The van der Waals surface area contributed by atoms with E-state index >= 15 is 0 Å². The second-order valence-corrected chi connectivity index (χ2v) is 4.88. The maximum absolute atomic E-state index is 12.0. The molecule has 4 N–H and O–H groups in total. The number of nitrogens with one attached hydrogen (secondary N) is 2. The van der Waals surface area contributed by atoms with Crippen molar-refractivity contribution >= 4 is 18.5 Å². The van der Waals surface area contributed by atoms with Gasteiger partial charge in [-0.15, -0.1) is 0 Å². The number of carbonyl (C=O) groups excluding carboxylic acids is 1. The average molecular weight is 281 g/mol. The van der Waals surface area contributed by atoms with E-state index in [4.69, 9.17) is 5.73 Å². The SMILES string of the molecule is CCC(NC[C@H](N)CS)C(=O)NCc1ccccc1. The Labute approximate surface area is 120 Å². The van der Waals surface area contributed by atoms with Crippen LogP contribution in [0.2, 0.25) is 0 Å².